The van der Waals surface area contributed by atoms with Gasteiger partial charge in [-0.15, -0.1) is 0 Å². The van der Waals surface area contributed by atoms with Gasteiger partial charge in [0, 0.05) is 18.8 Å². The molecule has 0 spiro atoms. The Morgan fingerprint density at radius 3 is 2.77 bits per heavy atom. The van der Waals surface area contributed by atoms with Gasteiger partial charge in [0.1, 0.15) is 17.2 Å². The number of anilines is 1. The van der Waals surface area contributed by atoms with Crippen LogP contribution >= 0.6 is 0 Å². The van der Waals surface area contributed by atoms with Gasteiger partial charge in [0.15, 0.2) is 0 Å². The first-order chi connectivity index (χ1) is 14.3. The van der Waals surface area contributed by atoms with Crippen LogP contribution in [-0.4, -0.2) is 33.1 Å². The van der Waals surface area contributed by atoms with Crippen LogP contribution in [0.4, 0.5) is 14.9 Å². The molecule has 0 bridgehead atoms. The highest BCUT2D eigenvalue weighted by Gasteiger charge is 2.34. The maximum Gasteiger partial charge on any atom is 0.410 e. The number of H-pyrrole nitrogens is 1. The van der Waals surface area contributed by atoms with Crippen LogP contribution in [0.5, 0.6) is 0 Å². The molecule has 2 N–H and O–H groups in total. The number of likely N-dealkylation sites (tertiary alicyclic amines) is 1. The first-order valence-electron chi connectivity index (χ1n) is 10.3. The first kappa shape index (κ1) is 20.2. The molecule has 0 radical (unpaired) electrons. The monoisotopic (exact) mass is 410 g/mol. The molecular weight excluding hydrogens is 383 g/mol. The van der Waals surface area contributed by atoms with E-state index in [-0.39, 0.29) is 18.0 Å². The molecule has 1 aromatic heterocycles. The van der Waals surface area contributed by atoms with Crippen LogP contribution in [0.1, 0.15) is 51.0 Å². The molecule has 1 aliphatic heterocycles. The highest BCUT2D eigenvalue weighted by atomic mass is 19.1. The van der Waals surface area contributed by atoms with E-state index >= 15 is 0 Å². The predicted molar refractivity (Wildman–Crippen MR) is 115 cm³/mol. The van der Waals surface area contributed by atoms with E-state index < -0.39 is 5.60 Å². The minimum atomic E-state index is -0.523. The van der Waals surface area contributed by atoms with Crippen LogP contribution in [0, 0.1) is 5.82 Å². The largest absolute Gasteiger partial charge is 0.444 e. The van der Waals surface area contributed by atoms with Crippen molar-refractivity contribution in [2.75, 3.05) is 11.9 Å². The van der Waals surface area contributed by atoms with Gasteiger partial charge in [-0.1, -0.05) is 6.07 Å². The molecule has 1 fully saturated rings. The van der Waals surface area contributed by atoms with E-state index in [1.807, 2.05) is 39.0 Å². The van der Waals surface area contributed by atoms with E-state index in [0.717, 1.165) is 41.0 Å². The van der Waals surface area contributed by atoms with Crippen molar-refractivity contribution in [3.63, 3.8) is 0 Å². The molecule has 1 aliphatic rings. The third-order valence-corrected chi connectivity index (χ3v) is 5.10. The second-order valence-electron chi connectivity index (χ2n) is 8.67. The predicted octanol–water partition coefficient (Wildman–Crippen LogP) is 5.39. The zero-order valence-corrected chi connectivity index (χ0v) is 17.5. The number of aromatic amines is 1. The maximum atomic E-state index is 13.0. The molecule has 0 aliphatic carbocycles. The number of carbonyl (C=O) groups is 1. The minimum Gasteiger partial charge on any atom is -0.444 e. The molecule has 7 heteroatoms. The molecule has 4 rings (SSSR count). The Kier molecular flexibility index (Phi) is 5.37. The smallest absolute Gasteiger partial charge is 0.410 e. The number of nitrogens with one attached hydrogen (secondary N) is 2. The average molecular weight is 410 g/mol. The Labute approximate surface area is 175 Å². The number of ether oxygens (including phenoxy) is 1. The summed E-state index contributed by atoms with van der Waals surface area (Å²) in [5, 5.41) is 3.28. The lowest BCUT2D eigenvalue weighted by atomic mass is 10.2. The minimum absolute atomic E-state index is 0.104. The fourth-order valence-electron chi connectivity index (χ4n) is 3.70. The third kappa shape index (κ3) is 4.56. The van der Waals surface area contributed by atoms with Crippen LogP contribution in [0.3, 0.4) is 0 Å². The van der Waals surface area contributed by atoms with Gasteiger partial charge < -0.3 is 15.0 Å². The molecule has 2 aromatic carbocycles. The maximum absolute atomic E-state index is 13.0. The van der Waals surface area contributed by atoms with Gasteiger partial charge in [-0.2, -0.15) is 0 Å². The third-order valence-electron chi connectivity index (χ3n) is 5.10. The molecule has 158 valence electrons. The van der Waals surface area contributed by atoms with Gasteiger partial charge >= 0.3 is 6.09 Å². The zero-order chi connectivity index (χ0) is 21.3. The number of rotatable bonds is 4. The van der Waals surface area contributed by atoms with Crippen molar-refractivity contribution in [3.8, 4) is 0 Å². The first-order valence-corrected chi connectivity index (χ1v) is 10.3. The Hall–Kier alpha value is -3.09. The molecule has 0 saturated carbocycles. The Morgan fingerprint density at radius 2 is 2.03 bits per heavy atom. The second kappa shape index (κ2) is 7.97. The van der Waals surface area contributed by atoms with E-state index in [4.69, 9.17) is 9.72 Å². The average Bonchev–Trinajstić information content (AvgIpc) is 3.32. The van der Waals surface area contributed by atoms with E-state index in [2.05, 4.69) is 10.3 Å². The molecular formula is C23H27FN4O2. The topological polar surface area (TPSA) is 70.2 Å². The van der Waals surface area contributed by atoms with Gasteiger partial charge in [0.25, 0.3) is 0 Å². The normalized spacial score (nSPS) is 16.8. The Balaban J connectivity index is 1.49. The number of aromatic nitrogens is 2. The fraction of sp³-hybridized carbons (Fsp3) is 0.391. The van der Waals surface area contributed by atoms with Crippen molar-refractivity contribution in [2.45, 2.75) is 51.8 Å². The molecule has 1 unspecified atom stereocenters. The molecule has 1 saturated heterocycles. The number of halogens is 1. The number of nitrogens with zero attached hydrogens (tertiary/aromatic N) is 2. The van der Waals surface area contributed by atoms with Gasteiger partial charge in [-0.05, 0) is 75.6 Å². The van der Waals surface area contributed by atoms with Crippen molar-refractivity contribution in [1.82, 2.24) is 14.9 Å². The fourth-order valence-corrected chi connectivity index (χ4v) is 3.70. The quantitative estimate of drug-likeness (QED) is 0.605. The summed E-state index contributed by atoms with van der Waals surface area (Å²) in [4.78, 5) is 22.5. The van der Waals surface area contributed by atoms with Gasteiger partial charge in [0.05, 0.1) is 17.1 Å². The Morgan fingerprint density at radius 1 is 1.27 bits per heavy atom. The SMILES string of the molecule is CC(C)(C)OC(=O)N1CCCC1c1nc2cc(CNc3ccc(F)cc3)ccc2[nH]1. The molecule has 1 atom stereocenters. The summed E-state index contributed by atoms with van der Waals surface area (Å²) in [7, 11) is 0. The highest BCUT2D eigenvalue weighted by Crippen LogP contribution is 2.32. The van der Waals surface area contributed by atoms with Crippen LogP contribution in [0.25, 0.3) is 11.0 Å². The molecule has 2 heterocycles. The number of hydrogen-bond acceptors (Lipinski definition) is 4. The summed E-state index contributed by atoms with van der Waals surface area (Å²) in [5.41, 5.74) is 3.20. The second-order valence-corrected chi connectivity index (χ2v) is 8.67. The summed E-state index contributed by atoms with van der Waals surface area (Å²) < 4.78 is 18.6. The Bertz CT molecular complexity index is 1040. The summed E-state index contributed by atoms with van der Waals surface area (Å²) in [6.45, 7) is 6.90. The molecule has 30 heavy (non-hydrogen) atoms. The van der Waals surface area contributed by atoms with Crippen LogP contribution < -0.4 is 5.32 Å². The van der Waals surface area contributed by atoms with Gasteiger partial charge in [-0.25, -0.2) is 14.2 Å². The number of amides is 1. The van der Waals surface area contributed by atoms with E-state index in [0.29, 0.717) is 13.1 Å². The summed E-state index contributed by atoms with van der Waals surface area (Å²) in [5.74, 6) is 0.537. The van der Waals surface area contributed by atoms with E-state index in [1.165, 1.54) is 12.1 Å². The molecule has 3 aromatic rings. The number of imidazole rings is 1. The van der Waals surface area contributed by atoms with Crippen molar-refractivity contribution >= 4 is 22.8 Å². The van der Waals surface area contributed by atoms with Crippen LogP contribution in [-0.2, 0) is 11.3 Å². The summed E-state index contributed by atoms with van der Waals surface area (Å²) in [6.07, 6.45) is 1.49. The zero-order valence-electron chi connectivity index (χ0n) is 17.5. The van der Waals surface area contributed by atoms with Crippen LogP contribution in [0.15, 0.2) is 42.5 Å². The van der Waals surface area contributed by atoms with Crippen molar-refractivity contribution in [1.29, 1.82) is 0 Å². The van der Waals surface area contributed by atoms with Crippen molar-refractivity contribution in [2.24, 2.45) is 0 Å². The number of carbonyl (C=O) groups excluding carboxylic acids is 1. The lowest BCUT2D eigenvalue weighted by molar-refractivity contribution is 0.0219. The molecule has 1 amide bonds. The number of benzene rings is 2. The summed E-state index contributed by atoms with van der Waals surface area (Å²) >= 11 is 0. The van der Waals surface area contributed by atoms with Crippen molar-refractivity contribution < 1.29 is 13.9 Å². The van der Waals surface area contributed by atoms with Gasteiger partial charge in [0.2, 0.25) is 0 Å². The lowest BCUT2D eigenvalue weighted by Gasteiger charge is -2.27. The number of fused-ring (bicyclic) bond motifs is 1. The standard InChI is InChI=1S/C23H27FN4O2/c1-23(2,3)30-22(29)28-12-4-5-20(28)21-26-18-11-6-15(13-19(18)27-21)14-25-17-9-7-16(24)8-10-17/h6-11,13,20,25H,4-5,12,14H2,1-3H3,(H,26,27). The summed E-state index contributed by atoms with van der Waals surface area (Å²) in [6, 6.07) is 12.2. The van der Waals surface area contributed by atoms with E-state index in [1.54, 1.807) is 17.0 Å². The highest BCUT2D eigenvalue weighted by molar-refractivity contribution is 5.76. The lowest BCUT2D eigenvalue weighted by Crippen LogP contribution is -2.36. The van der Waals surface area contributed by atoms with Crippen LogP contribution in [0.2, 0.25) is 0 Å². The number of hydrogen-bond donors (Lipinski definition) is 2. The van der Waals surface area contributed by atoms with E-state index in [9.17, 15) is 9.18 Å². The van der Waals surface area contributed by atoms with Gasteiger partial charge in [-0.3, -0.25) is 4.90 Å². The van der Waals surface area contributed by atoms with Crippen molar-refractivity contribution in [3.05, 3.63) is 59.7 Å². The molecule has 6 nitrogen and oxygen atoms in total.